The summed E-state index contributed by atoms with van der Waals surface area (Å²) in [5.41, 5.74) is 3.64. The average Bonchev–Trinajstić information content (AvgIpc) is 2.70. The summed E-state index contributed by atoms with van der Waals surface area (Å²) in [4.78, 5) is 12.9. The van der Waals surface area contributed by atoms with E-state index < -0.39 is 16.1 Å². The first-order valence-electron chi connectivity index (χ1n) is 10.6. The second kappa shape index (κ2) is 10.7. The molecule has 0 unspecified atom stereocenters. The molecule has 170 valence electrons. The van der Waals surface area contributed by atoms with Crippen molar-refractivity contribution in [3.05, 3.63) is 59.2 Å². The van der Waals surface area contributed by atoms with Gasteiger partial charge in [-0.3, -0.25) is 9.10 Å². The predicted molar refractivity (Wildman–Crippen MR) is 126 cm³/mol. The molecule has 2 rings (SSSR count). The Bertz CT molecular complexity index is 1000. The number of carbonyl (C=O) groups is 1. The molecule has 2 aromatic rings. The lowest BCUT2D eigenvalue weighted by Crippen LogP contribution is -2.50. The predicted octanol–water partition coefficient (Wildman–Crippen LogP) is 4.17. The number of amides is 1. The number of hydrogen-bond acceptors (Lipinski definition) is 4. The van der Waals surface area contributed by atoms with Crippen LogP contribution in [0.25, 0.3) is 0 Å². The van der Waals surface area contributed by atoms with Gasteiger partial charge >= 0.3 is 0 Å². The van der Waals surface area contributed by atoms with Crippen LogP contribution >= 0.6 is 0 Å². The Morgan fingerprint density at radius 3 is 2.35 bits per heavy atom. The summed E-state index contributed by atoms with van der Waals surface area (Å²) in [6, 6.07) is 12.4. The van der Waals surface area contributed by atoms with E-state index in [-0.39, 0.29) is 12.5 Å². The second-order valence-corrected chi connectivity index (χ2v) is 9.94. The Morgan fingerprint density at radius 2 is 1.77 bits per heavy atom. The van der Waals surface area contributed by atoms with Gasteiger partial charge in [-0.1, -0.05) is 45.0 Å². The first kappa shape index (κ1) is 24.7. The van der Waals surface area contributed by atoms with Crippen molar-refractivity contribution in [2.24, 2.45) is 0 Å². The Kier molecular flexibility index (Phi) is 8.51. The summed E-state index contributed by atoms with van der Waals surface area (Å²) in [7, 11) is -3.65. The van der Waals surface area contributed by atoms with Gasteiger partial charge in [0.25, 0.3) is 0 Å². The van der Waals surface area contributed by atoms with Crippen molar-refractivity contribution in [2.45, 2.75) is 53.0 Å². The van der Waals surface area contributed by atoms with Gasteiger partial charge in [0, 0.05) is 0 Å². The fourth-order valence-electron chi connectivity index (χ4n) is 3.46. The molecule has 0 radical (unpaired) electrons. The van der Waals surface area contributed by atoms with Crippen molar-refractivity contribution in [3.8, 4) is 5.75 Å². The number of ether oxygens (including phenoxy) is 1. The van der Waals surface area contributed by atoms with Gasteiger partial charge in [0.2, 0.25) is 15.9 Å². The van der Waals surface area contributed by atoms with E-state index in [1.54, 1.807) is 19.1 Å². The molecule has 2 aromatic carbocycles. The van der Waals surface area contributed by atoms with Crippen LogP contribution < -0.4 is 14.4 Å². The van der Waals surface area contributed by atoms with Crippen LogP contribution in [0.4, 0.5) is 5.69 Å². The first-order chi connectivity index (χ1) is 14.6. The molecule has 0 aliphatic heterocycles. The molecule has 0 aliphatic rings. The number of sulfonamides is 1. The minimum absolute atomic E-state index is 0.284. The zero-order valence-corrected chi connectivity index (χ0v) is 20.1. The van der Waals surface area contributed by atoms with Gasteiger partial charge in [0.1, 0.15) is 18.4 Å². The molecule has 6 nitrogen and oxygen atoms in total. The van der Waals surface area contributed by atoms with Gasteiger partial charge in [-0.2, -0.15) is 0 Å². The number of anilines is 1. The maximum absolute atomic E-state index is 12.9. The molecular weight excluding hydrogens is 412 g/mol. The molecule has 1 atom stereocenters. The van der Waals surface area contributed by atoms with Crippen LogP contribution in [0.2, 0.25) is 0 Å². The number of rotatable bonds is 10. The van der Waals surface area contributed by atoms with Gasteiger partial charge < -0.3 is 10.1 Å². The van der Waals surface area contributed by atoms with Crippen LogP contribution in [0.1, 0.15) is 49.8 Å². The summed E-state index contributed by atoms with van der Waals surface area (Å²) in [5, 5.41) is 2.83. The smallest absolute Gasteiger partial charge is 0.244 e. The molecule has 0 aromatic heterocycles. The van der Waals surface area contributed by atoms with Crippen LogP contribution in [0.3, 0.4) is 0 Å². The van der Waals surface area contributed by atoms with Crippen LogP contribution in [0, 0.1) is 13.8 Å². The highest BCUT2D eigenvalue weighted by molar-refractivity contribution is 7.92. The average molecular weight is 447 g/mol. The van der Waals surface area contributed by atoms with Gasteiger partial charge in [-0.25, -0.2) is 8.42 Å². The lowest BCUT2D eigenvalue weighted by atomic mass is 10.0. The minimum atomic E-state index is -3.65. The number of carbonyl (C=O) groups excluding carboxylic acids is 1. The Morgan fingerprint density at radius 1 is 1.10 bits per heavy atom. The lowest BCUT2D eigenvalue weighted by molar-refractivity contribution is -0.122. The number of benzene rings is 2. The number of nitrogens with zero attached hydrogens (tertiary/aromatic N) is 1. The topological polar surface area (TPSA) is 75.7 Å². The van der Waals surface area contributed by atoms with Crippen molar-refractivity contribution >= 4 is 21.6 Å². The maximum Gasteiger partial charge on any atom is 0.244 e. The van der Waals surface area contributed by atoms with E-state index in [0.29, 0.717) is 24.6 Å². The van der Waals surface area contributed by atoms with Crippen molar-refractivity contribution in [2.75, 3.05) is 23.7 Å². The molecule has 0 saturated heterocycles. The monoisotopic (exact) mass is 446 g/mol. The Hall–Kier alpha value is -2.54. The third kappa shape index (κ3) is 6.47. The second-order valence-electron chi connectivity index (χ2n) is 8.08. The quantitative estimate of drug-likeness (QED) is 0.556. The summed E-state index contributed by atoms with van der Waals surface area (Å²) in [5.74, 6) is 0.787. The molecule has 1 amide bonds. The number of nitrogens with one attached hydrogen (secondary N) is 1. The third-order valence-electron chi connectivity index (χ3n) is 5.27. The lowest BCUT2D eigenvalue weighted by Gasteiger charge is -2.30. The van der Waals surface area contributed by atoms with E-state index in [2.05, 4.69) is 19.2 Å². The zero-order chi connectivity index (χ0) is 23.2. The molecule has 0 spiro atoms. The van der Waals surface area contributed by atoms with Crippen molar-refractivity contribution < 1.29 is 17.9 Å². The molecule has 0 aliphatic carbocycles. The summed E-state index contributed by atoms with van der Waals surface area (Å²) < 4.78 is 32.2. The number of para-hydroxylation sites is 1. The van der Waals surface area contributed by atoms with E-state index in [1.165, 1.54) is 4.31 Å². The van der Waals surface area contributed by atoms with Crippen LogP contribution in [-0.4, -0.2) is 39.8 Å². The van der Waals surface area contributed by atoms with Gasteiger partial charge in [-0.05, 0) is 61.1 Å². The molecule has 0 saturated carbocycles. The maximum atomic E-state index is 12.9. The zero-order valence-electron chi connectivity index (χ0n) is 19.3. The summed E-state index contributed by atoms with van der Waals surface area (Å²) in [6.07, 6.45) is 1.48. The van der Waals surface area contributed by atoms with Crippen LogP contribution in [-0.2, 0) is 14.8 Å². The summed E-state index contributed by atoms with van der Waals surface area (Å²) in [6.45, 7) is 10.5. The normalized spacial score (nSPS) is 12.5. The van der Waals surface area contributed by atoms with Crippen molar-refractivity contribution in [1.29, 1.82) is 0 Å². The standard InChI is InChI=1S/C24H34N2O4S/c1-7-22(26(31(6,28)29)20-13-12-18(4)19(5)16-20)24(27)25-14-15-30-23-11-9-8-10-21(23)17(2)3/h8-13,16-17,22H,7,14-15H2,1-6H3,(H,25,27)/t22-/m0/s1. The fourth-order valence-corrected chi connectivity index (χ4v) is 4.67. The minimum Gasteiger partial charge on any atom is -0.491 e. The number of hydrogen-bond donors (Lipinski definition) is 1. The highest BCUT2D eigenvalue weighted by Crippen LogP contribution is 2.26. The molecule has 31 heavy (non-hydrogen) atoms. The molecule has 7 heteroatoms. The highest BCUT2D eigenvalue weighted by atomic mass is 32.2. The van der Waals surface area contributed by atoms with E-state index in [9.17, 15) is 13.2 Å². The fraction of sp³-hybridized carbons (Fsp3) is 0.458. The molecular formula is C24H34N2O4S. The van der Waals surface area contributed by atoms with Gasteiger partial charge in [0.15, 0.2) is 0 Å². The van der Waals surface area contributed by atoms with E-state index in [1.807, 2.05) is 44.2 Å². The summed E-state index contributed by atoms with van der Waals surface area (Å²) >= 11 is 0. The van der Waals surface area contributed by atoms with E-state index in [4.69, 9.17) is 4.74 Å². The SMILES string of the molecule is CC[C@@H](C(=O)NCCOc1ccccc1C(C)C)N(c1ccc(C)c(C)c1)S(C)(=O)=O. The Labute approximate surface area is 186 Å². The third-order valence-corrected chi connectivity index (χ3v) is 6.45. The number of aryl methyl sites for hydroxylation is 2. The van der Waals surface area contributed by atoms with Crippen molar-refractivity contribution in [3.63, 3.8) is 0 Å². The van der Waals surface area contributed by atoms with E-state index in [0.717, 1.165) is 28.7 Å². The molecule has 1 N–H and O–H groups in total. The van der Waals surface area contributed by atoms with Gasteiger partial charge in [-0.15, -0.1) is 0 Å². The van der Waals surface area contributed by atoms with E-state index >= 15 is 0 Å². The van der Waals surface area contributed by atoms with Crippen molar-refractivity contribution in [1.82, 2.24) is 5.32 Å². The van der Waals surface area contributed by atoms with Gasteiger partial charge in [0.05, 0.1) is 18.5 Å². The van der Waals surface area contributed by atoms with Crippen LogP contribution in [0.5, 0.6) is 5.75 Å². The largest absolute Gasteiger partial charge is 0.491 e. The molecule has 0 bridgehead atoms. The molecule has 0 heterocycles. The highest BCUT2D eigenvalue weighted by Gasteiger charge is 2.31. The molecule has 0 fully saturated rings. The van der Waals surface area contributed by atoms with Crippen LogP contribution in [0.15, 0.2) is 42.5 Å². The first-order valence-corrected chi connectivity index (χ1v) is 12.5. The Balaban J connectivity index is 2.09.